The summed E-state index contributed by atoms with van der Waals surface area (Å²) in [5.74, 6) is 1.01. The number of aromatic nitrogens is 3. The van der Waals surface area contributed by atoms with Gasteiger partial charge in [-0.1, -0.05) is 30.8 Å². The molecular formula is C16H19FN4OS. The zero-order chi connectivity index (χ0) is 16.2. The fourth-order valence-electron chi connectivity index (χ4n) is 2.72. The molecule has 0 saturated carbocycles. The molecule has 1 fully saturated rings. The third-order valence-electron chi connectivity index (χ3n) is 3.93. The Kier molecular flexibility index (Phi) is 4.95. The molecule has 2 aromatic rings. The van der Waals surface area contributed by atoms with Crippen LogP contribution in [-0.4, -0.2) is 44.8 Å². The van der Waals surface area contributed by atoms with E-state index in [1.807, 2.05) is 4.90 Å². The molecule has 7 heteroatoms. The number of piperidine rings is 1. The van der Waals surface area contributed by atoms with E-state index in [1.165, 1.54) is 24.2 Å². The summed E-state index contributed by atoms with van der Waals surface area (Å²) < 4.78 is 13.7. The Morgan fingerprint density at radius 1 is 1.48 bits per heavy atom. The van der Waals surface area contributed by atoms with Crippen LogP contribution in [0.15, 0.2) is 29.4 Å². The molecule has 1 amide bonds. The Balaban J connectivity index is 1.59. The summed E-state index contributed by atoms with van der Waals surface area (Å²) in [7, 11) is 0. The summed E-state index contributed by atoms with van der Waals surface area (Å²) in [4.78, 5) is 18.4. The minimum absolute atomic E-state index is 0.110. The van der Waals surface area contributed by atoms with Crippen molar-refractivity contribution in [2.75, 3.05) is 18.8 Å². The number of carbonyl (C=O) groups excluding carboxylic acids is 1. The molecule has 5 nitrogen and oxygen atoms in total. The number of benzene rings is 1. The first-order valence-electron chi connectivity index (χ1n) is 7.71. The molecule has 2 heterocycles. The number of hydrogen-bond donors (Lipinski definition) is 1. The molecule has 1 atom stereocenters. The second-order valence-corrected chi connectivity index (χ2v) is 6.76. The number of H-pyrrole nitrogens is 1. The average Bonchev–Trinajstić information content (AvgIpc) is 3.02. The summed E-state index contributed by atoms with van der Waals surface area (Å²) in [5, 5.41) is 7.24. The standard InChI is InChI=1S/C16H19FN4OS/c1-11-5-4-8-21(9-11)14(22)10-23-16-18-15(19-20-16)12-6-2-3-7-13(12)17/h2-3,6-7,11H,4-5,8-10H2,1H3,(H,18,19,20)/t11-/m1/s1. The predicted octanol–water partition coefficient (Wildman–Crippen LogP) is 2.96. The fourth-order valence-corrected chi connectivity index (χ4v) is 3.42. The molecule has 1 aliphatic heterocycles. The Morgan fingerprint density at radius 3 is 3.09 bits per heavy atom. The van der Waals surface area contributed by atoms with Crippen LogP contribution in [0.1, 0.15) is 19.8 Å². The lowest BCUT2D eigenvalue weighted by molar-refractivity contribution is -0.130. The van der Waals surface area contributed by atoms with Crippen LogP contribution in [0.2, 0.25) is 0 Å². The maximum atomic E-state index is 13.7. The van der Waals surface area contributed by atoms with Gasteiger partial charge in [0.05, 0.1) is 11.3 Å². The predicted molar refractivity (Wildman–Crippen MR) is 87.5 cm³/mol. The first kappa shape index (κ1) is 16.0. The number of hydrogen-bond acceptors (Lipinski definition) is 4. The molecule has 1 aliphatic rings. The highest BCUT2D eigenvalue weighted by atomic mass is 32.2. The minimum Gasteiger partial charge on any atom is -0.342 e. The van der Waals surface area contributed by atoms with Crippen LogP contribution in [0.5, 0.6) is 0 Å². The molecule has 1 N–H and O–H groups in total. The quantitative estimate of drug-likeness (QED) is 0.873. The normalized spacial score (nSPS) is 18.2. The summed E-state index contributed by atoms with van der Waals surface area (Å²) in [6.07, 6.45) is 2.25. The smallest absolute Gasteiger partial charge is 0.233 e. The van der Waals surface area contributed by atoms with E-state index in [0.717, 1.165) is 19.5 Å². The van der Waals surface area contributed by atoms with Gasteiger partial charge in [-0.15, -0.1) is 5.10 Å². The van der Waals surface area contributed by atoms with Crippen molar-refractivity contribution in [2.45, 2.75) is 24.9 Å². The third kappa shape index (κ3) is 3.90. The van der Waals surface area contributed by atoms with Gasteiger partial charge in [-0.2, -0.15) is 0 Å². The number of carbonyl (C=O) groups is 1. The van der Waals surface area contributed by atoms with E-state index in [0.29, 0.717) is 28.2 Å². The number of aromatic amines is 1. The monoisotopic (exact) mass is 334 g/mol. The van der Waals surface area contributed by atoms with Crippen LogP contribution in [0, 0.1) is 11.7 Å². The second kappa shape index (κ2) is 7.12. The van der Waals surface area contributed by atoms with Gasteiger partial charge in [-0.25, -0.2) is 9.37 Å². The highest BCUT2D eigenvalue weighted by molar-refractivity contribution is 7.99. The molecule has 0 aliphatic carbocycles. The minimum atomic E-state index is -0.349. The van der Waals surface area contributed by atoms with E-state index in [2.05, 4.69) is 22.1 Å². The van der Waals surface area contributed by atoms with Crippen LogP contribution in [0.3, 0.4) is 0 Å². The zero-order valence-electron chi connectivity index (χ0n) is 13.0. The lowest BCUT2D eigenvalue weighted by Crippen LogP contribution is -2.40. The van der Waals surface area contributed by atoms with Gasteiger partial charge in [0.15, 0.2) is 5.82 Å². The van der Waals surface area contributed by atoms with Crippen molar-refractivity contribution in [3.8, 4) is 11.4 Å². The van der Waals surface area contributed by atoms with Crippen LogP contribution in [0.4, 0.5) is 4.39 Å². The van der Waals surface area contributed by atoms with Crippen LogP contribution in [-0.2, 0) is 4.79 Å². The lowest BCUT2D eigenvalue weighted by Gasteiger charge is -2.30. The van der Waals surface area contributed by atoms with E-state index in [9.17, 15) is 9.18 Å². The molecule has 0 unspecified atom stereocenters. The highest BCUT2D eigenvalue weighted by Crippen LogP contribution is 2.22. The third-order valence-corrected chi connectivity index (χ3v) is 4.76. The van der Waals surface area contributed by atoms with Gasteiger partial charge in [-0.3, -0.25) is 9.89 Å². The Bertz CT molecular complexity index is 690. The number of likely N-dealkylation sites (tertiary alicyclic amines) is 1. The highest BCUT2D eigenvalue weighted by Gasteiger charge is 2.21. The Labute approximate surface area is 138 Å². The summed E-state index contributed by atoms with van der Waals surface area (Å²) in [6, 6.07) is 6.40. The second-order valence-electron chi connectivity index (χ2n) is 5.82. The van der Waals surface area contributed by atoms with Crippen molar-refractivity contribution in [3.63, 3.8) is 0 Å². The van der Waals surface area contributed by atoms with Crippen molar-refractivity contribution in [1.29, 1.82) is 0 Å². The number of amides is 1. The summed E-state index contributed by atoms with van der Waals surface area (Å²) in [6.45, 7) is 3.83. The van der Waals surface area contributed by atoms with Gasteiger partial charge < -0.3 is 4.90 Å². The van der Waals surface area contributed by atoms with Crippen molar-refractivity contribution in [3.05, 3.63) is 30.1 Å². The summed E-state index contributed by atoms with van der Waals surface area (Å²) >= 11 is 1.28. The average molecular weight is 334 g/mol. The Morgan fingerprint density at radius 2 is 2.30 bits per heavy atom. The molecule has 3 rings (SSSR count). The Hall–Kier alpha value is -1.89. The SMILES string of the molecule is C[C@@H]1CCCN(C(=O)CSc2n[nH]c(-c3ccccc3F)n2)C1. The summed E-state index contributed by atoms with van der Waals surface area (Å²) in [5.41, 5.74) is 0.378. The molecule has 1 aromatic heterocycles. The first-order valence-corrected chi connectivity index (χ1v) is 8.70. The fraction of sp³-hybridized carbons (Fsp3) is 0.438. The molecule has 1 saturated heterocycles. The molecule has 0 spiro atoms. The van der Waals surface area contributed by atoms with Crippen molar-refractivity contribution in [1.82, 2.24) is 20.1 Å². The number of rotatable bonds is 4. The molecule has 0 bridgehead atoms. The maximum absolute atomic E-state index is 13.7. The van der Waals surface area contributed by atoms with Crippen molar-refractivity contribution >= 4 is 17.7 Å². The number of thioether (sulfide) groups is 1. The van der Waals surface area contributed by atoms with Gasteiger partial charge in [0, 0.05) is 13.1 Å². The lowest BCUT2D eigenvalue weighted by atomic mass is 10.0. The van der Waals surface area contributed by atoms with Crippen LogP contribution >= 0.6 is 11.8 Å². The largest absolute Gasteiger partial charge is 0.342 e. The molecule has 1 aromatic carbocycles. The van der Waals surface area contributed by atoms with Crippen molar-refractivity contribution in [2.24, 2.45) is 5.92 Å². The number of nitrogens with one attached hydrogen (secondary N) is 1. The zero-order valence-corrected chi connectivity index (χ0v) is 13.8. The van der Waals surface area contributed by atoms with Gasteiger partial charge in [0.2, 0.25) is 11.1 Å². The van der Waals surface area contributed by atoms with E-state index in [1.54, 1.807) is 18.2 Å². The first-order chi connectivity index (χ1) is 11.1. The van der Waals surface area contributed by atoms with Gasteiger partial charge in [0.1, 0.15) is 5.82 Å². The number of halogens is 1. The van der Waals surface area contributed by atoms with Gasteiger partial charge >= 0.3 is 0 Å². The van der Waals surface area contributed by atoms with Gasteiger partial charge in [-0.05, 0) is 30.9 Å². The van der Waals surface area contributed by atoms with Gasteiger partial charge in [0.25, 0.3) is 0 Å². The topological polar surface area (TPSA) is 61.9 Å². The number of nitrogens with zero attached hydrogens (tertiary/aromatic N) is 3. The molecule has 0 radical (unpaired) electrons. The van der Waals surface area contributed by atoms with E-state index >= 15 is 0 Å². The van der Waals surface area contributed by atoms with E-state index < -0.39 is 0 Å². The van der Waals surface area contributed by atoms with Crippen molar-refractivity contribution < 1.29 is 9.18 Å². The molecule has 23 heavy (non-hydrogen) atoms. The van der Waals surface area contributed by atoms with E-state index in [4.69, 9.17) is 0 Å². The van der Waals surface area contributed by atoms with Crippen LogP contribution in [0.25, 0.3) is 11.4 Å². The molecular weight excluding hydrogens is 315 g/mol. The van der Waals surface area contributed by atoms with E-state index in [-0.39, 0.29) is 11.7 Å². The van der Waals surface area contributed by atoms with Crippen LogP contribution < -0.4 is 0 Å². The maximum Gasteiger partial charge on any atom is 0.233 e. The molecule has 122 valence electrons.